The predicted molar refractivity (Wildman–Crippen MR) is 55.3 cm³/mol. The van der Waals surface area contributed by atoms with Gasteiger partial charge in [0.1, 0.15) is 6.10 Å². The largest absolute Gasteiger partial charge is 0.388 e. The zero-order chi connectivity index (χ0) is 10.4. The van der Waals surface area contributed by atoms with Crippen LogP contribution in [0.3, 0.4) is 0 Å². The standard InChI is InChI=1S/C11H22O3/c1-3-7-13-8-10(12)11(14-4-2)9-5-6-9/h9-12H,3-8H2,1-2H3. The van der Waals surface area contributed by atoms with Crippen LogP contribution in [0.25, 0.3) is 0 Å². The van der Waals surface area contributed by atoms with Gasteiger partial charge >= 0.3 is 0 Å². The number of hydrogen-bond acceptors (Lipinski definition) is 3. The third-order valence-electron chi connectivity index (χ3n) is 2.46. The zero-order valence-electron chi connectivity index (χ0n) is 9.24. The SMILES string of the molecule is CCCOCC(O)C(OCC)C1CC1. The molecule has 84 valence electrons. The first-order valence-electron chi connectivity index (χ1n) is 5.67. The zero-order valence-corrected chi connectivity index (χ0v) is 9.24. The van der Waals surface area contributed by atoms with Gasteiger partial charge in [0.2, 0.25) is 0 Å². The van der Waals surface area contributed by atoms with E-state index in [1.54, 1.807) is 0 Å². The Labute approximate surface area is 86.4 Å². The number of rotatable bonds is 8. The summed E-state index contributed by atoms with van der Waals surface area (Å²) in [6.45, 7) is 5.84. The number of hydrogen-bond donors (Lipinski definition) is 1. The van der Waals surface area contributed by atoms with Crippen LogP contribution < -0.4 is 0 Å². The highest BCUT2D eigenvalue weighted by Crippen LogP contribution is 2.35. The second kappa shape index (κ2) is 6.38. The monoisotopic (exact) mass is 202 g/mol. The molecule has 1 fully saturated rings. The maximum atomic E-state index is 9.83. The molecular formula is C11H22O3. The first-order valence-corrected chi connectivity index (χ1v) is 5.67. The van der Waals surface area contributed by atoms with Crippen molar-refractivity contribution in [2.45, 2.75) is 45.3 Å². The Morgan fingerprint density at radius 3 is 2.57 bits per heavy atom. The Balaban J connectivity index is 2.19. The molecule has 1 rings (SSSR count). The maximum Gasteiger partial charge on any atom is 0.104 e. The Morgan fingerprint density at radius 1 is 1.36 bits per heavy atom. The van der Waals surface area contributed by atoms with Crippen molar-refractivity contribution >= 4 is 0 Å². The number of ether oxygens (including phenoxy) is 2. The lowest BCUT2D eigenvalue weighted by Crippen LogP contribution is -2.35. The molecule has 0 aromatic carbocycles. The average molecular weight is 202 g/mol. The number of aliphatic hydroxyl groups excluding tert-OH is 1. The summed E-state index contributed by atoms with van der Waals surface area (Å²) in [5.41, 5.74) is 0. The highest BCUT2D eigenvalue weighted by molar-refractivity contribution is 4.86. The summed E-state index contributed by atoms with van der Waals surface area (Å²) in [5.74, 6) is 0.565. The van der Waals surface area contributed by atoms with Crippen molar-refractivity contribution in [1.29, 1.82) is 0 Å². The summed E-state index contributed by atoms with van der Waals surface area (Å²) >= 11 is 0. The van der Waals surface area contributed by atoms with E-state index in [4.69, 9.17) is 9.47 Å². The van der Waals surface area contributed by atoms with Gasteiger partial charge in [0.25, 0.3) is 0 Å². The maximum absolute atomic E-state index is 9.83. The van der Waals surface area contributed by atoms with Gasteiger partial charge in [-0.3, -0.25) is 0 Å². The lowest BCUT2D eigenvalue weighted by Gasteiger charge is -2.22. The second-order valence-corrected chi connectivity index (χ2v) is 3.90. The highest BCUT2D eigenvalue weighted by atomic mass is 16.5. The molecule has 1 saturated carbocycles. The van der Waals surface area contributed by atoms with E-state index in [-0.39, 0.29) is 6.10 Å². The topological polar surface area (TPSA) is 38.7 Å². The Morgan fingerprint density at radius 2 is 2.07 bits per heavy atom. The van der Waals surface area contributed by atoms with Gasteiger partial charge in [-0.25, -0.2) is 0 Å². The lowest BCUT2D eigenvalue weighted by atomic mass is 10.1. The van der Waals surface area contributed by atoms with Crippen LogP contribution in [0.4, 0.5) is 0 Å². The van der Waals surface area contributed by atoms with E-state index in [0.717, 1.165) is 13.0 Å². The van der Waals surface area contributed by atoms with Crippen LogP contribution in [-0.4, -0.2) is 37.1 Å². The molecule has 3 nitrogen and oxygen atoms in total. The third-order valence-corrected chi connectivity index (χ3v) is 2.46. The van der Waals surface area contributed by atoms with Gasteiger partial charge in [-0.15, -0.1) is 0 Å². The minimum Gasteiger partial charge on any atom is -0.388 e. The van der Waals surface area contributed by atoms with Crippen molar-refractivity contribution in [3.8, 4) is 0 Å². The van der Waals surface area contributed by atoms with Gasteiger partial charge in [0.15, 0.2) is 0 Å². The van der Waals surface area contributed by atoms with Crippen molar-refractivity contribution in [3.63, 3.8) is 0 Å². The molecule has 3 heteroatoms. The Hall–Kier alpha value is -0.120. The van der Waals surface area contributed by atoms with E-state index in [9.17, 15) is 5.11 Å². The molecule has 0 radical (unpaired) electrons. The minimum atomic E-state index is -0.450. The molecule has 1 aliphatic carbocycles. The van der Waals surface area contributed by atoms with E-state index in [1.807, 2.05) is 6.92 Å². The van der Waals surface area contributed by atoms with E-state index < -0.39 is 6.10 Å². The predicted octanol–water partition coefficient (Wildman–Crippen LogP) is 1.59. The molecule has 2 atom stereocenters. The highest BCUT2D eigenvalue weighted by Gasteiger charge is 2.36. The van der Waals surface area contributed by atoms with Gasteiger partial charge in [0, 0.05) is 13.2 Å². The molecule has 0 heterocycles. The minimum absolute atomic E-state index is 0.00291. The van der Waals surface area contributed by atoms with E-state index in [2.05, 4.69) is 6.92 Å². The number of aliphatic hydroxyl groups is 1. The van der Waals surface area contributed by atoms with Gasteiger partial charge in [-0.1, -0.05) is 6.92 Å². The summed E-state index contributed by atoms with van der Waals surface area (Å²) < 4.78 is 10.8. The van der Waals surface area contributed by atoms with Crippen molar-refractivity contribution < 1.29 is 14.6 Å². The van der Waals surface area contributed by atoms with Crippen LogP contribution >= 0.6 is 0 Å². The van der Waals surface area contributed by atoms with Crippen LogP contribution in [0.15, 0.2) is 0 Å². The molecular weight excluding hydrogens is 180 g/mol. The fraction of sp³-hybridized carbons (Fsp3) is 1.00. The van der Waals surface area contributed by atoms with Crippen molar-refractivity contribution in [3.05, 3.63) is 0 Å². The summed E-state index contributed by atoms with van der Waals surface area (Å²) in [5, 5.41) is 9.83. The average Bonchev–Trinajstić information content (AvgIpc) is 2.98. The fourth-order valence-corrected chi connectivity index (χ4v) is 1.62. The summed E-state index contributed by atoms with van der Waals surface area (Å²) in [6, 6.07) is 0. The first kappa shape index (κ1) is 12.0. The summed E-state index contributed by atoms with van der Waals surface area (Å²) in [4.78, 5) is 0. The molecule has 1 aliphatic rings. The van der Waals surface area contributed by atoms with Crippen LogP contribution in [0, 0.1) is 5.92 Å². The molecule has 1 N–H and O–H groups in total. The van der Waals surface area contributed by atoms with Gasteiger partial charge in [-0.2, -0.15) is 0 Å². The third kappa shape index (κ3) is 3.95. The van der Waals surface area contributed by atoms with Crippen LogP contribution in [0.1, 0.15) is 33.1 Å². The van der Waals surface area contributed by atoms with Gasteiger partial charge < -0.3 is 14.6 Å². The van der Waals surface area contributed by atoms with Crippen LogP contribution in [-0.2, 0) is 9.47 Å². The Bertz CT molecular complexity index is 145. The van der Waals surface area contributed by atoms with E-state index in [0.29, 0.717) is 19.1 Å². The summed E-state index contributed by atoms with van der Waals surface area (Å²) in [7, 11) is 0. The molecule has 0 aliphatic heterocycles. The molecule has 14 heavy (non-hydrogen) atoms. The quantitative estimate of drug-likeness (QED) is 0.607. The first-order chi connectivity index (χ1) is 6.79. The molecule has 2 unspecified atom stereocenters. The van der Waals surface area contributed by atoms with Crippen molar-refractivity contribution in [1.82, 2.24) is 0 Å². The van der Waals surface area contributed by atoms with E-state index in [1.165, 1.54) is 12.8 Å². The van der Waals surface area contributed by atoms with Gasteiger partial charge in [-0.05, 0) is 32.1 Å². The normalized spacial score (nSPS) is 20.8. The molecule has 0 spiro atoms. The van der Waals surface area contributed by atoms with Crippen molar-refractivity contribution in [2.24, 2.45) is 5.92 Å². The fourth-order valence-electron chi connectivity index (χ4n) is 1.62. The molecule has 0 aromatic heterocycles. The lowest BCUT2D eigenvalue weighted by molar-refractivity contribution is -0.0778. The summed E-state index contributed by atoms with van der Waals surface area (Å²) in [6.07, 6.45) is 2.92. The van der Waals surface area contributed by atoms with Crippen molar-refractivity contribution in [2.75, 3.05) is 19.8 Å². The Kier molecular flexibility index (Phi) is 5.45. The molecule has 0 saturated heterocycles. The molecule has 0 bridgehead atoms. The molecule has 0 amide bonds. The second-order valence-electron chi connectivity index (χ2n) is 3.90. The smallest absolute Gasteiger partial charge is 0.104 e. The van der Waals surface area contributed by atoms with E-state index >= 15 is 0 Å². The van der Waals surface area contributed by atoms with Crippen LogP contribution in [0.5, 0.6) is 0 Å². The molecule has 0 aromatic rings. The van der Waals surface area contributed by atoms with Gasteiger partial charge in [0.05, 0.1) is 12.7 Å². The van der Waals surface area contributed by atoms with Crippen LogP contribution in [0.2, 0.25) is 0 Å².